The number of nitrogens with one attached hydrogen (secondary N) is 3. The van der Waals surface area contributed by atoms with Gasteiger partial charge in [-0.1, -0.05) is 12.1 Å². The molecule has 1 saturated carbocycles. The summed E-state index contributed by atoms with van der Waals surface area (Å²) in [5.74, 6) is 1.54. The number of benzene rings is 1. The quantitative estimate of drug-likeness (QED) is 0.159. The smallest absolute Gasteiger partial charge is 0.240 e. The summed E-state index contributed by atoms with van der Waals surface area (Å²) in [6, 6.07) is 10.7. The lowest BCUT2D eigenvalue weighted by molar-refractivity contribution is 0.105. The van der Waals surface area contributed by atoms with Crippen LogP contribution in [0.3, 0.4) is 0 Å². The number of hydrogen-bond donors (Lipinski definition) is 3. The molecule has 0 unspecified atom stereocenters. The number of furan rings is 1. The Morgan fingerprint density at radius 1 is 1.19 bits per heavy atom. The lowest BCUT2D eigenvalue weighted by atomic mass is 10.2. The number of guanidine groups is 1. The fourth-order valence-electron chi connectivity index (χ4n) is 2.72. The zero-order valence-corrected chi connectivity index (χ0v) is 20.8. The van der Waals surface area contributed by atoms with Gasteiger partial charge in [0.2, 0.25) is 10.0 Å². The third-order valence-corrected chi connectivity index (χ3v) is 6.02. The van der Waals surface area contributed by atoms with Gasteiger partial charge in [0.05, 0.1) is 17.7 Å². The number of hydrogen-bond acceptors (Lipinski definition) is 5. The molecular weight excluding hydrogens is 531 g/mol. The summed E-state index contributed by atoms with van der Waals surface area (Å²) in [5.41, 5.74) is 0.944. The van der Waals surface area contributed by atoms with E-state index in [-0.39, 0.29) is 30.0 Å². The Morgan fingerprint density at radius 2 is 1.97 bits per heavy atom. The highest BCUT2D eigenvalue weighted by atomic mass is 127. The highest BCUT2D eigenvalue weighted by Crippen LogP contribution is 2.22. The Balaban J connectivity index is 0.00000341. The first-order valence-electron chi connectivity index (χ1n) is 10.3. The van der Waals surface area contributed by atoms with Crippen LogP contribution in [0.1, 0.15) is 37.5 Å². The van der Waals surface area contributed by atoms with Crippen molar-refractivity contribution in [2.45, 2.75) is 50.3 Å². The number of aliphatic imine (C=N–C) groups is 1. The van der Waals surface area contributed by atoms with Crippen LogP contribution in [0, 0.1) is 0 Å². The highest BCUT2D eigenvalue weighted by molar-refractivity contribution is 14.0. The maximum Gasteiger partial charge on any atom is 0.240 e. The molecule has 3 N–H and O–H groups in total. The van der Waals surface area contributed by atoms with Gasteiger partial charge >= 0.3 is 0 Å². The summed E-state index contributed by atoms with van der Waals surface area (Å²) in [6.07, 6.45) is 4.31. The van der Waals surface area contributed by atoms with Crippen LogP contribution >= 0.6 is 24.0 Å². The van der Waals surface area contributed by atoms with E-state index in [0.717, 1.165) is 49.6 Å². The molecule has 1 fully saturated rings. The van der Waals surface area contributed by atoms with Gasteiger partial charge in [0.25, 0.3) is 0 Å². The maximum absolute atomic E-state index is 12.2. The fraction of sp³-hybridized carbons (Fsp3) is 0.476. The van der Waals surface area contributed by atoms with Gasteiger partial charge < -0.3 is 19.8 Å². The topological polar surface area (TPSA) is 105 Å². The molecule has 3 rings (SSSR count). The van der Waals surface area contributed by atoms with Crippen LogP contribution in [0.5, 0.6) is 0 Å². The van der Waals surface area contributed by atoms with E-state index in [1.165, 1.54) is 0 Å². The SMILES string of the molecule is CCNC(=NCc1ccc(S(=O)(=O)NC2CC2)cc1)NCCCOCc1ccco1.I. The molecule has 0 spiro atoms. The average Bonchev–Trinajstić information content (AvgIpc) is 3.38. The van der Waals surface area contributed by atoms with E-state index >= 15 is 0 Å². The van der Waals surface area contributed by atoms with E-state index in [4.69, 9.17) is 9.15 Å². The minimum atomic E-state index is -3.42. The molecule has 1 aromatic carbocycles. The molecule has 0 amide bonds. The Morgan fingerprint density at radius 3 is 2.61 bits per heavy atom. The van der Waals surface area contributed by atoms with Crippen molar-refractivity contribution in [3.63, 3.8) is 0 Å². The van der Waals surface area contributed by atoms with Gasteiger partial charge in [-0.25, -0.2) is 18.1 Å². The van der Waals surface area contributed by atoms with Gasteiger partial charge in [0.15, 0.2) is 5.96 Å². The van der Waals surface area contributed by atoms with Crippen molar-refractivity contribution < 1.29 is 17.6 Å². The number of halogens is 1. The van der Waals surface area contributed by atoms with Crippen molar-refractivity contribution in [1.82, 2.24) is 15.4 Å². The fourth-order valence-corrected chi connectivity index (χ4v) is 4.03. The Kier molecular flexibility index (Phi) is 10.8. The monoisotopic (exact) mass is 562 g/mol. The third-order valence-electron chi connectivity index (χ3n) is 4.48. The molecule has 1 aliphatic rings. The van der Waals surface area contributed by atoms with Gasteiger partial charge in [0.1, 0.15) is 12.4 Å². The molecule has 0 atom stereocenters. The molecule has 2 aromatic rings. The van der Waals surface area contributed by atoms with Crippen LogP contribution in [0.4, 0.5) is 0 Å². The third kappa shape index (κ3) is 9.17. The first-order chi connectivity index (χ1) is 14.6. The van der Waals surface area contributed by atoms with Crippen LogP contribution in [0.25, 0.3) is 0 Å². The molecule has 8 nitrogen and oxygen atoms in total. The first kappa shape index (κ1) is 25.6. The molecular formula is C21H31IN4O4S. The second kappa shape index (κ2) is 13.0. The van der Waals surface area contributed by atoms with Crippen LogP contribution in [-0.4, -0.2) is 40.1 Å². The van der Waals surface area contributed by atoms with Crippen molar-refractivity contribution >= 4 is 40.0 Å². The Bertz CT molecular complexity index is 898. The van der Waals surface area contributed by atoms with E-state index in [2.05, 4.69) is 20.3 Å². The van der Waals surface area contributed by atoms with E-state index in [9.17, 15) is 8.42 Å². The maximum atomic E-state index is 12.2. The van der Waals surface area contributed by atoms with Crippen molar-refractivity contribution in [3.05, 3.63) is 54.0 Å². The molecule has 0 radical (unpaired) electrons. The summed E-state index contributed by atoms with van der Waals surface area (Å²) in [6.45, 7) is 5.05. The summed E-state index contributed by atoms with van der Waals surface area (Å²) < 4.78 is 37.9. The molecule has 1 aromatic heterocycles. The van der Waals surface area contributed by atoms with Crippen LogP contribution in [0.15, 0.2) is 57.0 Å². The largest absolute Gasteiger partial charge is 0.467 e. The minimum absolute atomic E-state index is 0. The van der Waals surface area contributed by atoms with E-state index in [1.807, 2.05) is 19.1 Å². The lowest BCUT2D eigenvalue weighted by Crippen LogP contribution is -2.38. The van der Waals surface area contributed by atoms with Gasteiger partial charge in [0, 0.05) is 25.7 Å². The summed E-state index contributed by atoms with van der Waals surface area (Å²) in [7, 11) is -3.42. The standard InChI is InChI=1S/C21H30N4O4S.HI/c1-2-22-21(23-12-4-13-28-16-19-5-3-14-29-19)24-15-17-6-10-20(11-7-17)30(26,27)25-18-8-9-18;/h3,5-7,10-11,14,18,25H,2,4,8-9,12-13,15-16H2,1H3,(H2,22,23,24);1H. The van der Waals surface area contributed by atoms with Crippen LogP contribution < -0.4 is 15.4 Å². The molecule has 1 heterocycles. The van der Waals surface area contributed by atoms with Crippen molar-refractivity contribution in [3.8, 4) is 0 Å². The van der Waals surface area contributed by atoms with E-state index in [1.54, 1.807) is 30.5 Å². The zero-order valence-electron chi connectivity index (χ0n) is 17.7. The molecule has 0 saturated heterocycles. The van der Waals surface area contributed by atoms with Crippen LogP contribution in [0.2, 0.25) is 0 Å². The predicted octanol–water partition coefficient (Wildman–Crippen LogP) is 3.00. The molecule has 172 valence electrons. The number of nitrogens with zero attached hydrogens (tertiary/aromatic N) is 1. The lowest BCUT2D eigenvalue weighted by Gasteiger charge is -2.11. The van der Waals surface area contributed by atoms with Gasteiger partial charge in [-0.15, -0.1) is 24.0 Å². The first-order valence-corrected chi connectivity index (χ1v) is 11.8. The number of ether oxygens (including phenoxy) is 1. The highest BCUT2D eigenvalue weighted by Gasteiger charge is 2.27. The van der Waals surface area contributed by atoms with E-state index < -0.39 is 10.0 Å². The Labute approximate surface area is 201 Å². The van der Waals surface area contributed by atoms with Crippen molar-refractivity contribution in [2.75, 3.05) is 19.7 Å². The van der Waals surface area contributed by atoms with Gasteiger partial charge in [-0.3, -0.25) is 0 Å². The molecule has 0 aliphatic heterocycles. The number of sulfonamides is 1. The molecule has 10 heteroatoms. The second-order valence-electron chi connectivity index (χ2n) is 7.15. The normalized spacial score (nSPS) is 14.2. The van der Waals surface area contributed by atoms with Crippen LogP contribution in [-0.2, 0) is 27.9 Å². The minimum Gasteiger partial charge on any atom is -0.467 e. The summed E-state index contributed by atoms with van der Waals surface area (Å²) >= 11 is 0. The summed E-state index contributed by atoms with van der Waals surface area (Å²) in [4.78, 5) is 4.86. The van der Waals surface area contributed by atoms with E-state index in [0.29, 0.717) is 24.7 Å². The zero-order chi connectivity index (χ0) is 21.2. The predicted molar refractivity (Wildman–Crippen MR) is 131 cm³/mol. The molecule has 31 heavy (non-hydrogen) atoms. The van der Waals surface area contributed by atoms with Crippen molar-refractivity contribution in [1.29, 1.82) is 0 Å². The van der Waals surface area contributed by atoms with Gasteiger partial charge in [-0.05, 0) is 56.0 Å². The second-order valence-corrected chi connectivity index (χ2v) is 8.86. The van der Waals surface area contributed by atoms with Crippen molar-refractivity contribution in [2.24, 2.45) is 4.99 Å². The molecule has 1 aliphatic carbocycles. The number of rotatable bonds is 12. The summed E-state index contributed by atoms with van der Waals surface area (Å²) in [5, 5.41) is 6.49. The Hall–Kier alpha value is -1.63. The molecule has 0 bridgehead atoms. The van der Waals surface area contributed by atoms with Gasteiger partial charge in [-0.2, -0.15) is 0 Å². The average molecular weight is 562 g/mol.